The molecule has 0 heterocycles. The molecule has 0 saturated carbocycles. The van der Waals surface area contributed by atoms with Gasteiger partial charge in [0.2, 0.25) is 0 Å². The molecule has 0 fully saturated rings. The summed E-state index contributed by atoms with van der Waals surface area (Å²) in [6.07, 6.45) is 0. The van der Waals surface area contributed by atoms with Crippen LogP contribution in [0.25, 0.3) is 0 Å². The Hall–Kier alpha value is -2.32. The molecule has 7 nitrogen and oxygen atoms in total. The smallest absolute Gasteiger partial charge is 0.269 e. The second-order valence-electron chi connectivity index (χ2n) is 4.09. The van der Waals surface area contributed by atoms with Crippen LogP contribution in [0, 0.1) is 10.1 Å². The Morgan fingerprint density at radius 3 is 2.29 bits per heavy atom. The highest BCUT2D eigenvalue weighted by Gasteiger charge is 2.16. The molecule has 21 heavy (non-hydrogen) atoms. The summed E-state index contributed by atoms with van der Waals surface area (Å²) in [5.74, 6) is 0. The quantitative estimate of drug-likeness (QED) is 0.508. The standard InChI is InChI=1S/C12H10ClN3O4S/c13-11-7-10(5-6-12(11)14)21(19,20)15-8-1-3-9(4-2-8)16(17)18/h1-7,15H,14H2. The van der Waals surface area contributed by atoms with Crippen LogP contribution in [0.2, 0.25) is 5.02 Å². The number of sulfonamides is 1. The van der Waals surface area contributed by atoms with Crippen molar-refractivity contribution in [3.8, 4) is 0 Å². The molecule has 0 aliphatic carbocycles. The number of nitro benzene ring substituents is 1. The first-order chi connectivity index (χ1) is 9.79. The molecule has 2 aromatic rings. The van der Waals surface area contributed by atoms with Crippen LogP contribution >= 0.6 is 11.6 Å². The van der Waals surface area contributed by atoms with Crippen LogP contribution in [0.3, 0.4) is 0 Å². The molecule has 0 aliphatic heterocycles. The van der Waals surface area contributed by atoms with E-state index in [-0.39, 0.29) is 27.0 Å². The van der Waals surface area contributed by atoms with Gasteiger partial charge in [0.15, 0.2) is 0 Å². The minimum atomic E-state index is -3.85. The van der Waals surface area contributed by atoms with Crippen molar-refractivity contribution >= 4 is 38.7 Å². The molecule has 0 bridgehead atoms. The van der Waals surface area contributed by atoms with Gasteiger partial charge in [0.1, 0.15) is 0 Å². The predicted molar refractivity (Wildman–Crippen MR) is 79.8 cm³/mol. The van der Waals surface area contributed by atoms with Crippen molar-refractivity contribution in [1.29, 1.82) is 0 Å². The first-order valence-corrected chi connectivity index (χ1v) is 7.48. The number of nitrogen functional groups attached to an aromatic ring is 1. The van der Waals surface area contributed by atoms with Gasteiger partial charge in [-0.15, -0.1) is 0 Å². The van der Waals surface area contributed by atoms with Gasteiger partial charge in [0.05, 0.1) is 20.5 Å². The van der Waals surface area contributed by atoms with Crippen molar-refractivity contribution in [1.82, 2.24) is 0 Å². The Bertz CT molecular complexity index is 791. The minimum absolute atomic E-state index is 0.0555. The molecule has 0 unspecified atom stereocenters. The van der Waals surface area contributed by atoms with Crippen LogP contribution in [0.15, 0.2) is 47.4 Å². The summed E-state index contributed by atoms with van der Waals surface area (Å²) in [6.45, 7) is 0. The predicted octanol–water partition coefficient (Wildman–Crippen LogP) is 2.63. The number of hydrogen-bond donors (Lipinski definition) is 2. The fourth-order valence-corrected chi connectivity index (χ4v) is 2.87. The zero-order chi connectivity index (χ0) is 15.6. The lowest BCUT2D eigenvalue weighted by Crippen LogP contribution is -2.13. The molecular weight excluding hydrogens is 318 g/mol. The minimum Gasteiger partial charge on any atom is -0.398 e. The van der Waals surface area contributed by atoms with Crippen molar-refractivity contribution in [3.05, 3.63) is 57.6 Å². The monoisotopic (exact) mass is 327 g/mol. The molecule has 110 valence electrons. The topological polar surface area (TPSA) is 115 Å². The molecule has 0 atom stereocenters. The number of non-ortho nitro benzene ring substituents is 1. The Balaban J connectivity index is 2.28. The molecule has 3 N–H and O–H groups in total. The second kappa shape index (κ2) is 5.58. The van der Waals surface area contributed by atoms with Gasteiger partial charge in [0.25, 0.3) is 15.7 Å². The Morgan fingerprint density at radius 2 is 1.76 bits per heavy atom. The van der Waals surface area contributed by atoms with Crippen LogP contribution in [0.5, 0.6) is 0 Å². The van der Waals surface area contributed by atoms with Gasteiger partial charge in [0, 0.05) is 17.8 Å². The number of hydrogen-bond acceptors (Lipinski definition) is 5. The lowest BCUT2D eigenvalue weighted by Gasteiger charge is -2.09. The van der Waals surface area contributed by atoms with Crippen LogP contribution in [-0.4, -0.2) is 13.3 Å². The van der Waals surface area contributed by atoms with Gasteiger partial charge in [-0.05, 0) is 30.3 Å². The summed E-state index contributed by atoms with van der Waals surface area (Å²) in [6, 6.07) is 8.93. The SMILES string of the molecule is Nc1ccc(S(=O)(=O)Nc2ccc([N+](=O)[O-])cc2)cc1Cl. The molecule has 9 heteroatoms. The number of nitrogens with one attached hydrogen (secondary N) is 1. The summed E-state index contributed by atoms with van der Waals surface area (Å²) in [5, 5.41) is 10.7. The van der Waals surface area contributed by atoms with Crippen molar-refractivity contribution in [2.45, 2.75) is 4.90 Å². The van der Waals surface area contributed by atoms with Crippen molar-refractivity contribution < 1.29 is 13.3 Å². The van der Waals surface area contributed by atoms with Crippen LogP contribution < -0.4 is 10.5 Å². The van der Waals surface area contributed by atoms with Crippen molar-refractivity contribution in [2.24, 2.45) is 0 Å². The van der Waals surface area contributed by atoms with E-state index >= 15 is 0 Å². The fourth-order valence-electron chi connectivity index (χ4n) is 1.54. The van der Waals surface area contributed by atoms with E-state index in [2.05, 4.69) is 4.72 Å². The van der Waals surface area contributed by atoms with Gasteiger partial charge in [-0.3, -0.25) is 14.8 Å². The number of anilines is 2. The number of nitrogens with two attached hydrogens (primary N) is 1. The summed E-state index contributed by atoms with van der Waals surface area (Å²) in [5.41, 5.74) is 5.86. The number of halogens is 1. The third-order valence-corrected chi connectivity index (χ3v) is 4.32. The average Bonchev–Trinajstić information content (AvgIpc) is 2.42. The van der Waals surface area contributed by atoms with Gasteiger partial charge in [-0.1, -0.05) is 11.6 Å². The molecule has 0 amide bonds. The Labute approximate surface area is 125 Å². The summed E-state index contributed by atoms with van der Waals surface area (Å²) in [7, 11) is -3.85. The van der Waals surface area contributed by atoms with Gasteiger partial charge in [-0.25, -0.2) is 8.42 Å². The molecule has 0 saturated heterocycles. The summed E-state index contributed by atoms with van der Waals surface area (Å²) >= 11 is 5.79. The molecule has 0 aliphatic rings. The molecule has 2 rings (SSSR count). The van der Waals surface area contributed by atoms with Gasteiger partial charge >= 0.3 is 0 Å². The molecule has 0 spiro atoms. The Morgan fingerprint density at radius 1 is 1.14 bits per heavy atom. The number of nitrogens with zero attached hydrogens (tertiary/aromatic N) is 1. The van der Waals surface area contributed by atoms with E-state index in [1.807, 2.05) is 0 Å². The lowest BCUT2D eigenvalue weighted by molar-refractivity contribution is -0.384. The van der Waals surface area contributed by atoms with Crippen LogP contribution in [0.1, 0.15) is 0 Å². The van der Waals surface area contributed by atoms with Crippen LogP contribution in [0.4, 0.5) is 17.1 Å². The fraction of sp³-hybridized carbons (Fsp3) is 0. The average molecular weight is 328 g/mol. The number of benzene rings is 2. The van der Waals surface area contributed by atoms with E-state index in [1.54, 1.807) is 0 Å². The maximum absolute atomic E-state index is 12.1. The maximum atomic E-state index is 12.1. The molecule has 0 aromatic heterocycles. The lowest BCUT2D eigenvalue weighted by atomic mass is 10.3. The highest BCUT2D eigenvalue weighted by Crippen LogP contribution is 2.24. The number of rotatable bonds is 4. The van der Waals surface area contributed by atoms with E-state index < -0.39 is 14.9 Å². The largest absolute Gasteiger partial charge is 0.398 e. The first-order valence-electron chi connectivity index (χ1n) is 5.62. The third-order valence-electron chi connectivity index (χ3n) is 2.61. The Kier molecular flexibility index (Phi) is 4.01. The summed E-state index contributed by atoms with van der Waals surface area (Å²) < 4.78 is 26.6. The van der Waals surface area contributed by atoms with Gasteiger partial charge < -0.3 is 5.73 Å². The third kappa shape index (κ3) is 3.41. The van der Waals surface area contributed by atoms with E-state index in [1.165, 1.54) is 42.5 Å². The highest BCUT2D eigenvalue weighted by atomic mass is 35.5. The molecular formula is C12H10ClN3O4S. The van der Waals surface area contributed by atoms with E-state index in [0.29, 0.717) is 0 Å². The van der Waals surface area contributed by atoms with E-state index in [0.717, 1.165) is 0 Å². The van der Waals surface area contributed by atoms with Crippen molar-refractivity contribution in [3.63, 3.8) is 0 Å². The zero-order valence-corrected chi connectivity index (χ0v) is 12.1. The summed E-state index contributed by atoms with van der Waals surface area (Å²) in [4.78, 5) is 9.90. The maximum Gasteiger partial charge on any atom is 0.269 e. The van der Waals surface area contributed by atoms with E-state index in [9.17, 15) is 18.5 Å². The number of nitro groups is 1. The zero-order valence-electron chi connectivity index (χ0n) is 10.5. The van der Waals surface area contributed by atoms with E-state index in [4.69, 9.17) is 17.3 Å². The first kappa shape index (κ1) is 15.1. The van der Waals surface area contributed by atoms with Crippen molar-refractivity contribution in [2.75, 3.05) is 10.5 Å². The molecule has 2 aromatic carbocycles. The van der Waals surface area contributed by atoms with Gasteiger partial charge in [-0.2, -0.15) is 0 Å². The second-order valence-corrected chi connectivity index (χ2v) is 6.18. The highest BCUT2D eigenvalue weighted by molar-refractivity contribution is 7.92. The molecule has 0 radical (unpaired) electrons. The van der Waals surface area contributed by atoms with Crippen LogP contribution in [-0.2, 0) is 10.0 Å². The normalized spacial score (nSPS) is 11.1.